The van der Waals surface area contributed by atoms with E-state index in [0.717, 1.165) is 59.3 Å². The number of anilines is 1. The number of benzene rings is 2. The molecule has 0 fully saturated rings. The van der Waals surface area contributed by atoms with E-state index in [2.05, 4.69) is 49.1 Å². The molecule has 1 aliphatic rings. The Balaban J connectivity index is 1.80. The number of hydrogen-bond acceptors (Lipinski definition) is 4. The van der Waals surface area contributed by atoms with Crippen LogP contribution >= 0.6 is 0 Å². The topological polar surface area (TPSA) is 42.7 Å². The van der Waals surface area contributed by atoms with Gasteiger partial charge in [0.1, 0.15) is 11.3 Å². The second-order valence-corrected chi connectivity index (χ2v) is 7.37. The predicted octanol–water partition coefficient (Wildman–Crippen LogP) is 5.11. The average Bonchev–Trinajstić information content (AvgIpc) is 2.66. The summed E-state index contributed by atoms with van der Waals surface area (Å²) < 4.78 is 11.7. The third-order valence-corrected chi connectivity index (χ3v) is 5.27. The van der Waals surface area contributed by atoms with Gasteiger partial charge in [-0.3, -0.25) is 0 Å². The molecule has 0 radical (unpaired) electrons. The second kappa shape index (κ2) is 7.10. The summed E-state index contributed by atoms with van der Waals surface area (Å²) in [6.45, 7) is 7.51. The molecule has 1 aromatic heterocycles. The van der Waals surface area contributed by atoms with Gasteiger partial charge in [0.25, 0.3) is 0 Å². The highest BCUT2D eigenvalue weighted by molar-refractivity contribution is 5.86. The van der Waals surface area contributed by atoms with Crippen LogP contribution < -0.4 is 15.3 Å². The molecule has 2 heterocycles. The lowest BCUT2D eigenvalue weighted by Crippen LogP contribution is -2.32. The van der Waals surface area contributed by atoms with Crippen molar-refractivity contribution in [3.63, 3.8) is 0 Å². The minimum absolute atomic E-state index is 0.283. The third kappa shape index (κ3) is 3.32. The van der Waals surface area contributed by atoms with Crippen LogP contribution in [0.5, 0.6) is 5.75 Å². The van der Waals surface area contributed by atoms with E-state index in [1.807, 2.05) is 6.92 Å². The molecule has 0 spiro atoms. The molecule has 0 bridgehead atoms. The van der Waals surface area contributed by atoms with Crippen LogP contribution in [0.2, 0.25) is 0 Å². The number of unbranched alkanes of at least 4 members (excludes halogenated alkanes) is 1. The van der Waals surface area contributed by atoms with Crippen LogP contribution in [0.3, 0.4) is 0 Å². The van der Waals surface area contributed by atoms with Gasteiger partial charge in [0.2, 0.25) is 0 Å². The van der Waals surface area contributed by atoms with Crippen molar-refractivity contribution >= 4 is 16.7 Å². The van der Waals surface area contributed by atoms with E-state index >= 15 is 0 Å². The Kier molecular flexibility index (Phi) is 4.65. The summed E-state index contributed by atoms with van der Waals surface area (Å²) in [5, 5.41) is 1.04. The summed E-state index contributed by atoms with van der Waals surface area (Å²) >= 11 is 0. The molecule has 2 aromatic carbocycles. The molecule has 27 heavy (non-hydrogen) atoms. The first kappa shape index (κ1) is 17.7. The van der Waals surface area contributed by atoms with Crippen LogP contribution in [0.15, 0.2) is 45.6 Å². The summed E-state index contributed by atoms with van der Waals surface area (Å²) in [7, 11) is 0. The predicted molar refractivity (Wildman–Crippen MR) is 109 cm³/mol. The Morgan fingerprint density at radius 1 is 1.15 bits per heavy atom. The van der Waals surface area contributed by atoms with E-state index < -0.39 is 0 Å². The van der Waals surface area contributed by atoms with E-state index in [0.29, 0.717) is 12.3 Å². The molecule has 0 saturated carbocycles. The molecule has 0 unspecified atom stereocenters. The number of hydrogen-bond donors (Lipinski definition) is 0. The molecule has 4 nitrogen and oxygen atoms in total. The molecule has 3 aromatic rings. The van der Waals surface area contributed by atoms with E-state index in [1.54, 1.807) is 6.07 Å². The fourth-order valence-corrected chi connectivity index (χ4v) is 3.85. The first-order chi connectivity index (χ1) is 13.1. The minimum atomic E-state index is -0.283. The SMILES string of the molecule is CCCCc1cc(=O)oc2c(C)c3c(cc12)CN(c1cccc(C)c1)CO3. The quantitative estimate of drug-likeness (QED) is 0.604. The van der Waals surface area contributed by atoms with Gasteiger partial charge >= 0.3 is 5.63 Å². The summed E-state index contributed by atoms with van der Waals surface area (Å²) in [4.78, 5) is 14.3. The Bertz CT molecular complexity index is 1050. The summed E-state index contributed by atoms with van der Waals surface area (Å²) in [5.74, 6) is 0.849. The van der Waals surface area contributed by atoms with Crippen molar-refractivity contribution in [3.8, 4) is 5.75 Å². The van der Waals surface area contributed by atoms with Crippen LogP contribution in [0, 0.1) is 13.8 Å². The number of aryl methyl sites for hydroxylation is 3. The van der Waals surface area contributed by atoms with Crippen molar-refractivity contribution in [3.05, 3.63) is 69.1 Å². The normalized spacial score (nSPS) is 13.5. The fourth-order valence-electron chi connectivity index (χ4n) is 3.85. The van der Waals surface area contributed by atoms with Gasteiger partial charge in [0, 0.05) is 34.8 Å². The summed E-state index contributed by atoms with van der Waals surface area (Å²) in [6.07, 6.45) is 3.04. The van der Waals surface area contributed by atoms with Crippen LogP contribution in [0.4, 0.5) is 5.69 Å². The lowest BCUT2D eigenvalue weighted by atomic mass is 9.98. The maximum Gasteiger partial charge on any atom is 0.336 e. The molecule has 0 aliphatic carbocycles. The maximum atomic E-state index is 12.0. The van der Waals surface area contributed by atoms with Gasteiger partial charge in [-0.1, -0.05) is 25.5 Å². The van der Waals surface area contributed by atoms with E-state index in [9.17, 15) is 4.79 Å². The molecule has 4 rings (SSSR count). The molecule has 0 N–H and O–H groups in total. The van der Waals surface area contributed by atoms with E-state index in [-0.39, 0.29) is 5.63 Å². The smallest absolute Gasteiger partial charge is 0.336 e. The van der Waals surface area contributed by atoms with Gasteiger partial charge in [-0.15, -0.1) is 0 Å². The van der Waals surface area contributed by atoms with Crippen molar-refractivity contribution in [2.24, 2.45) is 0 Å². The first-order valence-corrected chi connectivity index (χ1v) is 9.60. The zero-order valence-corrected chi connectivity index (χ0v) is 16.2. The standard InChI is InChI=1S/C23H25NO3/c1-4-5-8-17-12-21(25)27-23-16(3)22-18(11-20(17)23)13-24(14-26-22)19-9-6-7-15(2)10-19/h6-7,9-12H,4-5,8,13-14H2,1-3H3. The van der Waals surface area contributed by atoms with Gasteiger partial charge in [-0.2, -0.15) is 0 Å². The fraction of sp³-hybridized carbons (Fsp3) is 0.348. The Hall–Kier alpha value is -2.75. The average molecular weight is 363 g/mol. The molecule has 0 atom stereocenters. The Morgan fingerprint density at radius 2 is 2.00 bits per heavy atom. The maximum absolute atomic E-state index is 12.0. The molecular formula is C23H25NO3. The zero-order valence-electron chi connectivity index (χ0n) is 16.2. The zero-order chi connectivity index (χ0) is 19.0. The highest BCUT2D eigenvalue weighted by Gasteiger charge is 2.23. The molecule has 4 heteroatoms. The van der Waals surface area contributed by atoms with Crippen LogP contribution in [0.1, 0.15) is 42.0 Å². The van der Waals surface area contributed by atoms with Gasteiger partial charge in [-0.05, 0) is 56.0 Å². The van der Waals surface area contributed by atoms with Gasteiger partial charge in [0.05, 0.1) is 0 Å². The van der Waals surface area contributed by atoms with Crippen molar-refractivity contribution < 1.29 is 9.15 Å². The number of rotatable bonds is 4. The van der Waals surface area contributed by atoms with Crippen LogP contribution in [-0.4, -0.2) is 6.73 Å². The van der Waals surface area contributed by atoms with Crippen molar-refractivity contribution in [2.75, 3.05) is 11.6 Å². The minimum Gasteiger partial charge on any atom is -0.472 e. The van der Waals surface area contributed by atoms with E-state index in [4.69, 9.17) is 9.15 Å². The Morgan fingerprint density at radius 3 is 2.78 bits per heavy atom. The summed E-state index contributed by atoms with van der Waals surface area (Å²) in [5.41, 5.74) is 5.90. The number of ether oxygens (including phenoxy) is 1. The molecule has 0 amide bonds. The lowest BCUT2D eigenvalue weighted by molar-refractivity contribution is 0.287. The van der Waals surface area contributed by atoms with Gasteiger partial charge in [0.15, 0.2) is 6.73 Å². The third-order valence-electron chi connectivity index (χ3n) is 5.27. The first-order valence-electron chi connectivity index (χ1n) is 9.60. The molecular weight excluding hydrogens is 338 g/mol. The van der Waals surface area contributed by atoms with Crippen molar-refractivity contribution in [1.82, 2.24) is 0 Å². The highest BCUT2D eigenvalue weighted by atomic mass is 16.5. The van der Waals surface area contributed by atoms with Gasteiger partial charge < -0.3 is 14.1 Å². The second-order valence-electron chi connectivity index (χ2n) is 7.37. The number of nitrogens with zero attached hydrogens (tertiary/aromatic N) is 1. The molecule has 140 valence electrons. The van der Waals surface area contributed by atoms with Crippen molar-refractivity contribution in [2.45, 2.75) is 46.6 Å². The lowest BCUT2D eigenvalue weighted by Gasteiger charge is -2.32. The number of fused-ring (bicyclic) bond motifs is 2. The molecule has 1 aliphatic heterocycles. The highest BCUT2D eigenvalue weighted by Crippen LogP contribution is 2.37. The van der Waals surface area contributed by atoms with Gasteiger partial charge in [-0.25, -0.2) is 4.79 Å². The van der Waals surface area contributed by atoms with Crippen LogP contribution in [-0.2, 0) is 13.0 Å². The van der Waals surface area contributed by atoms with Crippen LogP contribution in [0.25, 0.3) is 11.0 Å². The van der Waals surface area contributed by atoms with E-state index in [1.165, 1.54) is 5.56 Å². The Labute approximate surface area is 159 Å². The van der Waals surface area contributed by atoms with Crippen molar-refractivity contribution in [1.29, 1.82) is 0 Å². The monoisotopic (exact) mass is 363 g/mol. The summed E-state index contributed by atoms with van der Waals surface area (Å²) in [6, 6.07) is 12.2. The largest absolute Gasteiger partial charge is 0.472 e. The molecule has 0 saturated heterocycles.